The Kier molecular flexibility index (Phi) is 10.3. The molecule has 0 spiro atoms. The number of fused-ring (bicyclic) bond motifs is 2. The van der Waals surface area contributed by atoms with Gasteiger partial charge in [-0.15, -0.1) is 0 Å². The van der Waals surface area contributed by atoms with Crippen LogP contribution >= 0.6 is 0 Å². The van der Waals surface area contributed by atoms with Gasteiger partial charge in [0.05, 0.1) is 55.0 Å². The van der Waals surface area contributed by atoms with Crippen molar-refractivity contribution in [3.63, 3.8) is 0 Å². The van der Waals surface area contributed by atoms with Crippen LogP contribution in [-0.2, 0) is 25.6 Å². The maximum absolute atomic E-state index is 13.4. The molecule has 2 N–H and O–H groups in total. The van der Waals surface area contributed by atoms with Gasteiger partial charge in [0.25, 0.3) is 5.91 Å². The van der Waals surface area contributed by atoms with Gasteiger partial charge in [-0.1, -0.05) is 0 Å². The highest BCUT2D eigenvalue weighted by molar-refractivity contribution is 6.06. The van der Waals surface area contributed by atoms with Crippen molar-refractivity contribution in [2.75, 3.05) is 43.1 Å². The molecule has 60 heavy (non-hydrogen) atoms. The first-order valence-electron chi connectivity index (χ1n) is 21.8. The van der Waals surface area contributed by atoms with Crippen LogP contribution in [0.15, 0.2) is 42.7 Å². The predicted molar refractivity (Wildman–Crippen MR) is 223 cm³/mol. The van der Waals surface area contributed by atoms with E-state index in [-0.39, 0.29) is 54.8 Å². The normalized spacial score (nSPS) is 24.8. The number of nitrogens with one attached hydrogen (secondary N) is 2. The molecule has 4 aromatic rings. The van der Waals surface area contributed by atoms with E-state index in [2.05, 4.69) is 48.3 Å². The van der Waals surface area contributed by atoms with Crippen LogP contribution in [0.4, 0.5) is 11.5 Å². The lowest BCUT2D eigenvalue weighted by molar-refractivity contribution is -0.136. The van der Waals surface area contributed by atoms with E-state index in [4.69, 9.17) is 18.9 Å². The Morgan fingerprint density at radius 3 is 2.13 bits per heavy atom. The molecular weight excluding hydrogens is 765 g/mol. The van der Waals surface area contributed by atoms with E-state index in [0.29, 0.717) is 17.7 Å². The highest BCUT2D eigenvalue weighted by Crippen LogP contribution is 2.43. The van der Waals surface area contributed by atoms with Crippen LogP contribution in [0.3, 0.4) is 0 Å². The second-order valence-electron chi connectivity index (χ2n) is 17.7. The van der Waals surface area contributed by atoms with Gasteiger partial charge in [0.1, 0.15) is 41.0 Å². The van der Waals surface area contributed by atoms with E-state index < -0.39 is 11.9 Å². The number of hydrogen-bond donors (Lipinski definition) is 2. The van der Waals surface area contributed by atoms with Crippen molar-refractivity contribution >= 4 is 40.1 Å². The first kappa shape index (κ1) is 38.9. The summed E-state index contributed by atoms with van der Waals surface area (Å²) in [5.74, 6) is 1.56. The Labute approximate surface area is 349 Å². The third-order valence-electron chi connectivity index (χ3n) is 13.5. The zero-order valence-electron chi connectivity index (χ0n) is 34.5. The summed E-state index contributed by atoms with van der Waals surface area (Å²) >= 11 is 0. The number of aromatic nitrogens is 4. The average Bonchev–Trinajstić information content (AvgIpc) is 3.68. The molecule has 0 radical (unpaired) electrons. The molecule has 4 aliphatic heterocycles. The van der Waals surface area contributed by atoms with Gasteiger partial charge in [-0.25, -0.2) is 9.97 Å². The number of ether oxygens (including phenoxy) is 4. The number of hydrogen-bond acceptors (Lipinski definition) is 12. The number of anilines is 2. The minimum atomic E-state index is -0.657. The van der Waals surface area contributed by atoms with Crippen LogP contribution in [0, 0.1) is 0 Å². The van der Waals surface area contributed by atoms with Gasteiger partial charge in [-0.3, -0.25) is 24.8 Å². The highest BCUT2D eigenvalue weighted by atomic mass is 16.5. The van der Waals surface area contributed by atoms with Crippen LogP contribution in [0.5, 0.6) is 11.5 Å². The minimum Gasteiger partial charge on any atom is -0.494 e. The van der Waals surface area contributed by atoms with Crippen LogP contribution in [0.2, 0.25) is 0 Å². The van der Waals surface area contributed by atoms with Crippen molar-refractivity contribution in [3.05, 3.63) is 53.9 Å². The van der Waals surface area contributed by atoms with E-state index in [0.717, 1.165) is 135 Å². The maximum Gasteiger partial charge on any atom is 0.255 e. The standard InChI is InChI=1S/C45H54N8O7/c1-45(17-18-45)60-31-7-9-35-33(23-31)41(50-49-35)36-24-39(47-26-46-36)52-21-15-30(16-22-52)59-28-5-3-27(4-6-28)58-29-13-19-51(20-14-29)37-10-8-32-34(42(37)57-2)25-53(44(32)56)38-11-12-40(54)48-43(38)55/h7-10,23-24,26-30,38H,3-6,11-22,25H2,1-2H3,(H,49,50)(H,48,54,55). The number of methoxy groups -OCH3 is 1. The summed E-state index contributed by atoms with van der Waals surface area (Å²) in [7, 11) is 1.64. The zero-order chi connectivity index (χ0) is 41.0. The maximum atomic E-state index is 13.4. The lowest BCUT2D eigenvalue weighted by Gasteiger charge is -2.39. The number of carbonyl (C=O) groups is 3. The van der Waals surface area contributed by atoms with Crippen LogP contribution in [0.25, 0.3) is 22.3 Å². The quantitative estimate of drug-likeness (QED) is 0.178. The van der Waals surface area contributed by atoms with Gasteiger partial charge in [0.15, 0.2) is 0 Å². The van der Waals surface area contributed by atoms with Gasteiger partial charge in [0.2, 0.25) is 11.8 Å². The molecule has 2 aromatic heterocycles. The molecule has 15 heteroatoms. The second kappa shape index (κ2) is 16.0. The van der Waals surface area contributed by atoms with E-state index in [9.17, 15) is 14.4 Å². The average molecular weight is 819 g/mol. The molecule has 6 heterocycles. The lowest BCUT2D eigenvalue weighted by Crippen LogP contribution is -2.52. The molecule has 0 bridgehead atoms. The summed E-state index contributed by atoms with van der Waals surface area (Å²) in [4.78, 5) is 53.1. The Balaban J connectivity index is 0.673. The Hall–Kier alpha value is -5.28. The van der Waals surface area contributed by atoms with Crippen molar-refractivity contribution in [1.82, 2.24) is 30.4 Å². The van der Waals surface area contributed by atoms with E-state index in [1.165, 1.54) is 0 Å². The van der Waals surface area contributed by atoms with Crippen molar-refractivity contribution in [2.45, 2.75) is 127 Å². The number of H-pyrrole nitrogens is 1. The van der Waals surface area contributed by atoms with Gasteiger partial charge in [0, 0.05) is 55.2 Å². The third kappa shape index (κ3) is 7.77. The summed E-state index contributed by atoms with van der Waals surface area (Å²) in [5, 5.41) is 11.1. The molecule has 10 rings (SSSR count). The highest BCUT2D eigenvalue weighted by Gasteiger charge is 2.42. The molecular formula is C45H54N8O7. The van der Waals surface area contributed by atoms with Gasteiger partial charge in [-0.2, -0.15) is 5.10 Å². The molecule has 15 nitrogen and oxygen atoms in total. The van der Waals surface area contributed by atoms with Gasteiger partial charge < -0.3 is 33.6 Å². The summed E-state index contributed by atoms with van der Waals surface area (Å²) in [5.41, 5.74) is 4.83. The number of nitrogens with zero attached hydrogens (tertiary/aromatic N) is 6. The topological polar surface area (TPSA) is 164 Å². The Morgan fingerprint density at radius 1 is 0.783 bits per heavy atom. The van der Waals surface area contributed by atoms with Crippen LogP contribution < -0.4 is 24.6 Å². The van der Waals surface area contributed by atoms with Crippen LogP contribution in [-0.4, -0.2) is 112 Å². The first-order valence-corrected chi connectivity index (χ1v) is 21.8. The number of rotatable bonds is 11. The fourth-order valence-corrected chi connectivity index (χ4v) is 9.84. The largest absolute Gasteiger partial charge is 0.494 e. The number of piperidine rings is 3. The Bertz CT molecular complexity index is 2270. The zero-order valence-corrected chi connectivity index (χ0v) is 34.5. The molecule has 1 unspecified atom stereocenters. The molecule has 316 valence electrons. The number of amides is 3. The molecule has 3 amide bonds. The fraction of sp³-hybridized carbons (Fsp3) is 0.556. The summed E-state index contributed by atoms with van der Waals surface area (Å²) in [6.45, 7) is 5.85. The monoisotopic (exact) mass is 818 g/mol. The summed E-state index contributed by atoms with van der Waals surface area (Å²) in [6, 6.07) is 11.3. The lowest BCUT2D eigenvalue weighted by atomic mass is 9.93. The molecule has 2 aromatic carbocycles. The Morgan fingerprint density at radius 2 is 1.47 bits per heavy atom. The van der Waals surface area contributed by atoms with Crippen molar-refractivity contribution < 1.29 is 33.3 Å². The second-order valence-corrected chi connectivity index (χ2v) is 17.7. The first-order chi connectivity index (χ1) is 29.2. The molecule has 1 atom stereocenters. The summed E-state index contributed by atoms with van der Waals surface area (Å²) < 4.78 is 25.5. The fourth-order valence-electron chi connectivity index (χ4n) is 9.84. The smallest absolute Gasteiger partial charge is 0.255 e. The van der Waals surface area contributed by atoms with Gasteiger partial charge >= 0.3 is 0 Å². The van der Waals surface area contributed by atoms with E-state index in [1.807, 2.05) is 30.3 Å². The van der Waals surface area contributed by atoms with Crippen molar-refractivity contribution in [3.8, 4) is 22.9 Å². The van der Waals surface area contributed by atoms with E-state index >= 15 is 0 Å². The molecule has 5 fully saturated rings. The SMILES string of the molecule is COc1c(N2CCC(OC3CCC(OC4CCN(c5cc(-c6n[nH]c7ccc(OC8(C)CC8)cc67)ncn5)CC4)CC3)CC2)ccc2c1CN(C1CCC(=O)NC1=O)C2=O. The predicted octanol–water partition coefficient (Wildman–Crippen LogP) is 5.70. The third-order valence-corrected chi connectivity index (χ3v) is 13.5. The minimum absolute atomic E-state index is 0.0490. The van der Waals surface area contributed by atoms with Crippen molar-refractivity contribution in [1.29, 1.82) is 0 Å². The molecule has 3 saturated heterocycles. The van der Waals surface area contributed by atoms with Crippen molar-refractivity contribution in [2.24, 2.45) is 0 Å². The van der Waals surface area contributed by atoms with E-state index in [1.54, 1.807) is 18.3 Å². The molecule has 6 aliphatic rings. The van der Waals surface area contributed by atoms with Crippen LogP contribution in [0.1, 0.15) is 99.9 Å². The summed E-state index contributed by atoms with van der Waals surface area (Å²) in [6.07, 6.45) is 13.1. The number of aromatic amines is 1. The molecule has 2 saturated carbocycles. The number of benzene rings is 2. The molecule has 2 aliphatic carbocycles. The number of imide groups is 1. The van der Waals surface area contributed by atoms with Gasteiger partial charge in [-0.05, 0) is 108 Å². The number of carbonyl (C=O) groups excluding carboxylic acids is 3.